The number of hydrogen-bond acceptors (Lipinski definition) is 4. The molecule has 0 atom stereocenters. The third-order valence-electron chi connectivity index (χ3n) is 5.14. The van der Waals surface area contributed by atoms with Gasteiger partial charge in [0.2, 0.25) is 0 Å². The van der Waals surface area contributed by atoms with Crippen LogP contribution in [0.2, 0.25) is 0 Å². The number of carbonyl (C=O) groups excluding carboxylic acids is 1. The molecule has 1 aliphatic carbocycles. The lowest BCUT2D eigenvalue weighted by molar-refractivity contribution is 0.104. The number of aromatic nitrogens is 3. The number of ether oxygens (including phenoxy) is 1. The molecule has 2 aromatic carbocycles. The van der Waals surface area contributed by atoms with Gasteiger partial charge in [0.25, 0.3) is 0 Å². The molecule has 1 aliphatic rings. The first kappa shape index (κ1) is 16.7. The minimum atomic E-state index is 0.0446. The average Bonchev–Trinajstić information content (AvgIpc) is 3.15. The second-order valence-electron chi connectivity index (χ2n) is 7.02. The molecular formula is C23H19N3O2. The van der Waals surface area contributed by atoms with Gasteiger partial charge in [0.15, 0.2) is 5.78 Å². The van der Waals surface area contributed by atoms with E-state index in [1.807, 2.05) is 61.9 Å². The fourth-order valence-corrected chi connectivity index (χ4v) is 3.85. The van der Waals surface area contributed by atoms with Crippen molar-refractivity contribution in [3.8, 4) is 17.0 Å². The van der Waals surface area contributed by atoms with E-state index in [4.69, 9.17) is 4.74 Å². The van der Waals surface area contributed by atoms with Gasteiger partial charge in [-0.05, 0) is 31.5 Å². The number of nitrogens with zero attached hydrogens (tertiary/aromatic N) is 3. The molecule has 0 saturated carbocycles. The summed E-state index contributed by atoms with van der Waals surface area (Å²) in [5.41, 5.74) is 4.15. The van der Waals surface area contributed by atoms with Crippen LogP contribution in [0.4, 0.5) is 0 Å². The summed E-state index contributed by atoms with van der Waals surface area (Å²) in [5.74, 6) is 0.833. The van der Waals surface area contributed by atoms with Gasteiger partial charge in [0, 0.05) is 46.4 Å². The van der Waals surface area contributed by atoms with Gasteiger partial charge in [-0.2, -0.15) is 0 Å². The first-order chi connectivity index (χ1) is 13.7. The maximum absolute atomic E-state index is 12.9. The molecule has 2 heterocycles. The Morgan fingerprint density at radius 3 is 2.68 bits per heavy atom. The summed E-state index contributed by atoms with van der Waals surface area (Å²) in [6, 6.07) is 13.3. The van der Waals surface area contributed by atoms with E-state index in [2.05, 4.69) is 14.5 Å². The number of rotatable bonds is 5. The molecule has 0 radical (unpaired) electrons. The Bertz CT molecular complexity index is 1210. The van der Waals surface area contributed by atoms with Crippen molar-refractivity contribution < 1.29 is 9.53 Å². The maximum Gasteiger partial charge on any atom is 0.194 e. The van der Waals surface area contributed by atoms with Crippen molar-refractivity contribution in [2.24, 2.45) is 0 Å². The van der Waals surface area contributed by atoms with E-state index in [-0.39, 0.29) is 5.78 Å². The van der Waals surface area contributed by atoms with Crippen molar-refractivity contribution in [1.29, 1.82) is 0 Å². The second-order valence-corrected chi connectivity index (χ2v) is 7.02. The zero-order valence-electron chi connectivity index (χ0n) is 15.6. The largest absolute Gasteiger partial charge is 0.493 e. The zero-order valence-corrected chi connectivity index (χ0v) is 15.6. The molecule has 0 spiro atoms. The minimum Gasteiger partial charge on any atom is -0.493 e. The normalized spacial score (nSPS) is 12.2. The Morgan fingerprint density at radius 2 is 1.86 bits per heavy atom. The SMILES string of the molecule is Cc1cn(CCCOc2ccc3c4c(nccc24)-c2ccccc2C3=O)cn1. The Balaban J connectivity index is 1.46. The number of aryl methyl sites for hydroxylation is 2. The molecular weight excluding hydrogens is 350 g/mol. The van der Waals surface area contributed by atoms with Gasteiger partial charge in [-0.15, -0.1) is 0 Å². The van der Waals surface area contributed by atoms with Gasteiger partial charge in [-0.1, -0.05) is 24.3 Å². The molecule has 0 aliphatic heterocycles. The maximum atomic E-state index is 12.9. The smallest absolute Gasteiger partial charge is 0.194 e. The average molecular weight is 369 g/mol. The lowest BCUT2D eigenvalue weighted by atomic mass is 9.85. The summed E-state index contributed by atoms with van der Waals surface area (Å²) in [6.45, 7) is 3.43. The number of pyridine rings is 1. The monoisotopic (exact) mass is 369 g/mol. The van der Waals surface area contributed by atoms with Crippen LogP contribution in [-0.2, 0) is 6.54 Å². The second kappa shape index (κ2) is 6.60. The molecule has 138 valence electrons. The van der Waals surface area contributed by atoms with Crippen LogP contribution in [0.5, 0.6) is 5.75 Å². The summed E-state index contributed by atoms with van der Waals surface area (Å²) >= 11 is 0. The van der Waals surface area contributed by atoms with Crippen LogP contribution in [0.15, 0.2) is 61.2 Å². The van der Waals surface area contributed by atoms with E-state index in [1.54, 1.807) is 6.20 Å². The van der Waals surface area contributed by atoms with E-state index in [0.29, 0.717) is 17.7 Å². The van der Waals surface area contributed by atoms with Crippen LogP contribution in [-0.4, -0.2) is 26.9 Å². The Labute approximate surface area is 162 Å². The lowest BCUT2D eigenvalue weighted by Gasteiger charge is -2.20. The molecule has 0 bridgehead atoms. The molecule has 0 fully saturated rings. The summed E-state index contributed by atoms with van der Waals surface area (Å²) in [6.07, 6.45) is 6.53. The highest BCUT2D eigenvalue weighted by Crippen LogP contribution is 2.40. The van der Waals surface area contributed by atoms with Gasteiger partial charge in [-0.25, -0.2) is 4.98 Å². The van der Waals surface area contributed by atoms with Crippen LogP contribution < -0.4 is 4.74 Å². The highest BCUT2D eigenvalue weighted by Gasteiger charge is 2.26. The molecule has 5 nitrogen and oxygen atoms in total. The molecule has 0 saturated heterocycles. The van der Waals surface area contributed by atoms with Crippen molar-refractivity contribution in [1.82, 2.24) is 14.5 Å². The number of ketones is 1. The molecule has 2 aromatic heterocycles. The van der Waals surface area contributed by atoms with Gasteiger partial charge < -0.3 is 9.30 Å². The van der Waals surface area contributed by atoms with Crippen molar-refractivity contribution in [2.75, 3.05) is 6.61 Å². The minimum absolute atomic E-state index is 0.0446. The van der Waals surface area contributed by atoms with Crippen LogP contribution >= 0.6 is 0 Å². The highest BCUT2D eigenvalue weighted by molar-refractivity contribution is 6.25. The first-order valence-electron chi connectivity index (χ1n) is 9.39. The highest BCUT2D eigenvalue weighted by atomic mass is 16.5. The Morgan fingerprint density at radius 1 is 1.00 bits per heavy atom. The molecule has 28 heavy (non-hydrogen) atoms. The predicted molar refractivity (Wildman–Crippen MR) is 108 cm³/mol. The Hall–Kier alpha value is -3.47. The standard InChI is InChI=1S/C23H19N3O2/c1-15-13-26(14-25-15)11-4-12-28-20-8-7-19-21-18(20)9-10-24-22(21)16-5-2-3-6-17(16)23(19)27/h2-3,5-10,13-14H,4,11-12H2,1H3. The summed E-state index contributed by atoms with van der Waals surface area (Å²) < 4.78 is 8.14. The number of benzene rings is 2. The van der Waals surface area contributed by atoms with E-state index < -0.39 is 0 Å². The van der Waals surface area contributed by atoms with Crippen molar-refractivity contribution in [3.05, 3.63) is 78.0 Å². The zero-order chi connectivity index (χ0) is 19.1. The molecule has 5 rings (SSSR count). The number of carbonyl (C=O) groups is 1. The molecule has 0 N–H and O–H groups in total. The third-order valence-corrected chi connectivity index (χ3v) is 5.14. The third kappa shape index (κ3) is 2.67. The molecule has 4 aromatic rings. The summed E-state index contributed by atoms with van der Waals surface area (Å²) in [5, 5.41) is 1.82. The van der Waals surface area contributed by atoms with E-state index in [9.17, 15) is 4.79 Å². The predicted octanol–water partition coefficient (Wildman–Crippen LogP) is 4.42. The van der Waals surface area contributed by atoms with E-state index in [1.165, 1.54) is 0 Å². The number of imidazole rings is 1. The van der Waals surface area contributed by atoms with Gasteiger partial charge in [-0.3, -0.25) is 9.78 Å². The van der Waals surface area contributed by atoms with Crippen LogP contribution in [0, 0.1) is 6.92 Å². The van der Waals surface area contributed by atoms with Crippen LogP contribution in [0.25, 0.3) is 22.0 Å². The number of fused-ring (bicyclic) bond motifs is 2. The van der Waals surface area contributed by atoms with E-state index in [0.717, 1.165) is 46.4 Å². The van der Waals surface area contributed by atoms with Gasteiger partial charge in [0.1, 0.15) is 5.75 Å². The van der Waals surface area contributed by atoms with Gasteiger partial charge in [0.05, 0.1) is 24.3 Å². The fraction of sp³-hybridized carbons (Fsp3) is 0.174. The molecule has 0 amide bonds. The topological polar surface area (TPSA) is 57.0 Å². The fourth-order valence-electron chi connectivity index (χ4n) is 3.85. The Kier molecular flexibility index (Phi) is 3.93. The lowest BCUT2D eigenvalue weighted by Crippen LogP contribution is -2.11. The quantitative estimate of drug-likeness (QED) is 0.430. The van der Waals surface area contributed by atoms with Crippen molar-refractivity contribution in [2.45, 2.75) is 19.9 Å². The summed E-state index contributed by atoms with van der Waals surface area (Å²) in [7, 11) is 0. The molecule has 0 unspecified atom stereocenters. The van der Waals surface area contributed by atoms with Crippen molar-refractivity contribution in [3.63, 3.8) is 0 Å². The number of hydrogen-bond donors (Lipinski definition) is 0. The summed E-state index contributed by atoms with van der Waals surface area (Å²) in [4.78, 5) is 21.8. The van der Waals surface area contributed by atoms with Crippen molar-refractivity contribution >= 4 is 16.6 Å². The van der Waals surface area contributed by atoms with Crippen LogP contribution in [0.3, 0.4) is 0 Å². The van der Waals surface area contributed by atoms with Gasteiger partial charge >= 0.3 is 0 Å². The first-order valence-corrected chi connectivity index (χ1v) is 9.39. The molecule has 5 heteroatoms. The van der Waals surface area contributed by atoms with Crippen LogP contribution in [0.1, 0.15) is 28.0 Å². The van der Waals surface area contributed by atoms with E-state index >= 15 is 0 Å².